The Labute approximate surface area is 158 Å². The summed E-state index contributed by atoms with van der Waals surface area (Å²) >= 11 is 0. The highest BCUT2D eigenvalue weighted by Crippen LogP contribution is 2.40. The number of carbonyl (C=O) groups is 1. The second-order valence-electron chi connectivity index (χ2n) is 8.63. The fourth-order valence-corrected chi connectivity index (χ4v) is 4.94. The van der Waals surface area contributed by atoms with Gasteiger partial charge in [-0.3, -0.25) is 4.79 Å². The molecular weight excluding hydrogens is 330 g/mol. The predicted octanol–water partition coefficient (Wildman–Crippen LogP) is 3.55. The first kappa shape index (κ1) is 20.1. The van der Waals surface area contributed by atoms with Crippen LogP contribution in [0.5, 0.6) is 0 Å². The summed E-state index contributed by atoms with van der Waals surface area (Å²) in [6.07, 6.45) is 9.87. The van der Waals surface area contributed by atoms with Crippen molar-refractivity contribution in [2.75, 3.05) is 39.5 Å². The van der Waals surface area contributed by atoms with E-state index >= 15 is 0 Å². The van der Waals surface area contributed by atoms with E-state index in [-0.39, 0.29) is 17.1 Å². The van der Waals surface area contributed by atoms with Crippen LogP contribution < -0.4 is 0 Å². The van der Waals surface area contributed by atoms with Gasteiger partial charge in [0.2, 0.25) is 5.91 Å². The lowest BCUT2D eigenvalue weighted by atomic mass is 9.74. The highest BCUT2D eigenvalue weighted by atomic mass is 16.5. The van der Waals surface area contributed by atoms with E-state index < -0.39 is 0 Å². The smallest absolute Gasteiger partial charge is 0.228 e. The molecule has 5 nitrogen and oxygen atoms in total. The molecule has 0 aromatic carbocycles. The van der Waals surface area contributed by atoms with E-state index in [0.717, 1.165) is 64.8 Å². The van der Waals surface area contributed by atoms with Gasteiger partial charge in [0.1, 0.15) is 0 Å². The van der Waals surface area contributed by atoms with E-state index in [2.05, 4.69) is 11.8 Å². The van der Waals surface area contributed by atoms with E-state index in [9.17, 15) is 4.79 Å². The lowest BCUT2D eigenvalue weighted by Gasteiger charge is -2.47. The van der Waals surface area contributed by atoms with E-state index in [1.54, 1.807) is 0 Å². The molecular formula is C21H37NO4. The molecule has 1 amide bonds. The summed E-state index contributed by atoms with van der Waals surface area (Å²) in [5.74, 6) is 0.382. The van der Waals surface area contributed by atoms with Crippen molar-refractivity contribution in [1.82, 2.24) is 4.90 Å². The first-order valence-electron chi connectivity index (χ1n) is 10.7. The molecule has 3 aliphatic rings. The number of piperidine rings is 1. The van der Waals surface area contributed by atoms with Gasteiger partial charge in [-0.1, -0.05) is 26.2 Å². The Kier molecular flexibility index (Phi) is 6.98. The van der Waals surface area contributed by atoms with Crippen molar-refractivity contribution in [2.24, 2.45) is 5.41 Å². The van der Waals surface area contributed by atoms with Crippen molar-refractivity contribution in [1.29, 1.82) is 0 Å². The first-order chi connectivity index (χ1) is 12.6. The minimum absolute atomic E-state index is 0.0845. The topological polar surface area (TPSA) is 48.0 Å². The molecule has 1 unspecified atom stereocenters. The van der Waals surface area contributed by atoms with Gasteiger partial charge in [-0.15, -0.1) is 0 Å². The summed E-state index contributed by atoms with van der Waals surface area (Å²) in [5.41, 5.74) is -0.208. The molecule has 5 heteroatoms. The van der Waals surface area contributed by atoms with Gasteiger partial charge in [-0.25, -0.2) is 0 Å². The van der Waals surface area contributed by atoms with Crippen LogP contribution in [0.25, 0.3) is 0 Å². The molecule has 1 spiro atoms. The van der Waals surface area contributed by atoms with E-state index in [1.807, 2.05) is 6.92 Å². The van der Waals surface area contributed by atoms with Crippen molar-refractivity contribution < 1.29 is 19.0 Å². The molecule has 3 rings (SSSR count). The number of hydrogen-bond donors (Lipinski definition) is 0. The molecule has 0 bridgehead atoms. The summed E-state index contributed by atoms with van der Waals surface area (Å²) in [6.45, 7) is 8.69. The summed E-state index contributed by atoms with van der Waals surface area (Å²) in [7, 11) is 0. The van der Waals surface area contributed by atoms with Crippen molar-refractivity contribution in [3.05, 3.63) is 0 Å². The summed E-state index contributed by atoms with van der Waals surface area (Å²) in [6, 6.07) is 0. The highest BCUT2D eigenvalue weighted by molar-refractivity contribution is 5.82. The highest BCUT2D eigenvalue weighted by Gasteiger charge is 2.44. The molecule has 2 aliphatic heterocycles. The second kappa shape index (κ2) is 9.03. The molecule has 26 heavy (non-hydrogen) atoms. The Morgan fingerprint density at radius 2 is 1.85 bits per heavy atom. The normalized spacial score (nSPS) is 28.2. The minimum Gasteiger partial charge on any atom is -0.379 e. The summed E-state index contributed by atoms with van der Waals surface area (Å²) in [4.78, 5) is 15.2. The third-order valence-corrected chi connectivity index (χ3v) is 6.67. The average molecular weight is 368 g/mol. The SMILES string of the molecule is CCOCCOC1CCOC2(CCN(C(=O)C3(C)CCCCC3)CC2)C1. The van der Waals surface area contributed by atoms with Gasteiger partial charge in [0, 0.05) is 38.1 Å². The van der Waals surface area contributed by atoms with Gasteiger partial charge in [-0.2, -0.15) is 0 Å². The van der Waals surface area contributed by atoms with Crippen LogP contribution in [0.2, 0.25) is 0 Å². The van der Waals surface area contributed by atoms with Crippen LogP contribution in [0.3, 0.4) is 0 Å². The predicted molar refractivity (Wildman–Crippen MR) is 101 cm³/mol. The number of hydrogen-bond acceptors (Lipinski definition) is 4. The largest absolute Gasteiger partial charge is 0.379 e. The molecule has 150 valence electrons. The van der Waals surface area contributed by atoms with Crippen LogP contribution in [0.4, 0.5) is 0 Å². The maximum atomic E-state index is 13.1. The molecule has 0 N–H and O–H groups in total. The standard InChI is InChI=1S/C21H37NO4/c1-3-24-15-16-25-18-7-14-26-21(17-18)10-12-22(13-11-21)19(23)20(2)8-5-4-6-9-20/h18H,3-17H2,1-2H3. The van der Waals surface area contributed by atoms with Gasteiger partial charge in [0.05, 0.1) is 24.9 Å². The van der Waals surface area contributed by atoms with Crippen LogP contribution in [-0.4, -0.2) is 62.0 Å². The zero-order valence-electron chi connectivity index (χ0n) is 16.8. The van der Waals surface area contributed by atoms with Crippen LogP contribution >= 0.6 is 0 Å². The minimum atomic E-state index is -0.124. The van der Waals surface area contributed by atoms with Gasteiger partial charge in [0.25, 0.3) is 0 Å². The van der Waals surface area contributed by atoms with Crippen molar-refractivity contribution in [2.45, 2.75) is 83.3 Å². The van der Waals surface area contributed by atoms with Crippen LogP contribution in [0.15, 0.2) is 0 Å². The Morgan fingerprint density at radius 3 is 2.54 bits per heavy atom. The van der Waals surface area contributed by atoms with E-state index in [1.165, 1.54) is 19.3 Å². The van der Waals surface area contributed by atoms with Crippen LogP contribution in [-0.2, 0) is 19.0 Å². The molecule has 1 aliphatic carbocycles. The number of nitrogens with zero attached hydrogens (tertiary/aromatic N) is 1. The van der Waals surface area contributed by atoms with Crippen molar-refractivity contribution in [3.63, 3.8) is 0 Å². The lowest BCUT2D eigenvalue weighted by Crippen LogP contribution is -2.54. The Balaban J connectivity index is 1.48. The monoisotopic (exact) mass is 367 g/mol. The Hall–Kier alpha value is -0.650. The molecule has 1 saturated carbocycles. The van der Waals surface area contributed by atoms with Crippen LogP contribution in [0.1, 0.15) is 71.6 Å². The van der Waals surface area contributed by atoms with Gasteiger partial charge < -0.3 is 19.1 Å². The molecule has 1 atom stereocenters. The average Bonchev–Trinajstić information content (AvgIpc) is 2.66. The Morgan fingerprint density at radius 1 is 1.12 bits per heavy atom. The van der Waals surface area contributed by atoms with Gasteiger partial charge >= 0.3 is 0 Å². The quantitative estimate of drug-likeness (QED) is 0.674. The first-order valence-corrected chi connectivity index (χ1v) is 10.7. The van der Waals surface area contributed by atoms with Crippen molar-refractivity contribution in [3.8, 4) is 0 Å². The Bertz CT molecular complexity index is 453. The number of rotatable bonds is 6. The zero-order valence-corrected chi connectivity index (χ0v) is 16.8. The fraction of sp³-hybridized carbons (Fsp3) is 0.952. The van der Waals surface area contributed by atoms with E-state index in [0.29, 0.717) is 19.1 Å². The number of ether oxygens (including phenoxy) is 3. The van der Waals surface area contributed by atoms with E-state index in [4.69, 9.17) is 14.2 Å². The van der Waals surface area contributed by atoms with Gasteiger partial charge in [0.15, 0.2) is 0 Å². The van der Waals surface area contributed by atoms with Crippen LogP contribution in [0, 0.1) is 5.41 Å². The third kappa shape index (κ3) is 4.79. The molecule has 2 saturated heterocycles. The number of amides is 1. The zero-order chi connectivity index (χ0) is 18.5. The number of carbonyl (C=O) groups excluding carboxylic acids is 1. The molecule has 0 aromatic heterocycles. The lowest BCUT2D eigenvalue weighted by molar-refractivity contribution is -0.167. The fourth-order valence-electron chi connectivity index (χ4n) is 4.94. The van der Waals surface area contributed by atoms with Gasteiger partial charge in [-0.05, 0) is 39.0 Å². The molecule has 3 fully saturated rings. The third-order valence-electron chi connectivity index (χ3n) is 6.67. The maximum absolute atomic E-state index is 13.1. The summed E-state index contributed by atoms with van der Waals surface area (Å²) in [5, 5.41) is 0. The van der Waals surface area contributed by atoms with Crippen molar-refractivity contribution >= 4 is 5.91 Å². The molecule has 2 heterocycles. The molecule has 0 radical (unpaired) electrons. The second-order valence-corrected chi connectivity index (χ2v) is 8.63. The molecule has 0 aromatic rings. The summed E-state index contributed by atoms with van der Waals surface area (Å²) < 4.78 is 17.6. The number of likely N-dealkylation sites (tertiary alicyclic amines) is 1. The maximum Gasteiger partial charge on any atom is 0.228 e.